The van der Waals surface area contributed by atoms with Crippen LogP contribution in [0.2, 0.25) is 0 Å². The first-order chi connectivity index (χ1) is 8.96. The van der Waals surface area contributed by atoms with Gasteiger partial charge in [0, 0.05) is 12.1 Å². The number of fused-ring (bicyclic) bond motifs is 1. The van der Waals surface area contributed by atoms with Gasteiger partial charge in [-0.15, -0.1) is 0 Å². The summed E-state index contributed by atoms with van der Waals surface area (Å²) in [4.78, 5) is 16.6. The fourth-order valence-corrected chi connectivity index (χ4v) is 2.64. The molecular weight excluding hydrogens is 243 g/mol. The molecule has 1 aromatic heterocycles. The fraction of sp³-hybridized carbons (Fsp3) is 0.333. The maximum atomic E-state index is 13.0. The van der Waals surface area contributed by atoms with Crippen LogP contribution in [0.5, 0.6) is 0 Å². The van der Waals surface area contributed by atoms with Crippen LogP contribution in [0, 0.1) is 11.2 Å². The number of hydrogen-bond donors (Lipinski definition) is 0. The second-order valence-electron chi connectivity index (χ2n) is 5.83. The summed E-state index contributed by atoms with van der Waals surface area (Å²) in [6, 6.07) is 6.09. The molecule has 1 aliphatic rings. The smallest absolute Gasteiger partial charge is 0.182 e. The van der Waals surface area contributed by atoms with Crippen molar-refractivity contribution in [3.05, 3.63) is 47.8 Å². The van der Waals surface area contributed by atoms with Crippen molar-refractivity contribution in [2.45, 2.75) is 26.7 Å². The molecule has 3 rings (SSSR count). The van der Waals surface area contributed by atoms with Gasteiger partial charge in [-0.1, -0.05) is 13.8 Å². The summed E-state index contributed by atoms with van der Waals surface area (Å²) < 4.78 is 14.7. The Morgan fingerprint density at radius 1 is 1.21 bits per heavy atom. The first-order valence-electron chi connectivity index (χ1n) is 6.32. The molecule has 0 aliphatic heterocycles. The van der Waals surface area contributed by atoms with E-state index in [0.29, 0.717) is 12.1 Å². The minimum Gasteiger partial charge on any atom is -0.296 e. The predicted molar refractivity (Wildman–Crippen MR) is 70.0 cm³/mol. The summed E-state index contributed by atoms with van der Waals surface area (Å²) in [5.41, 5.74) is 2.21. The van der Waals surface area contributed by atoms with Gasteiger partial charge in [0.2, 0.25) is 0 Å². The molecule has 1 heterocycles. The average molecular weight is 258 g/mol. The SMILES string of the molecule is CC1(C)CC(=O)c2c(ncn2-c2ccc(F)cc2)C1. The summed E-state index contributed by atoms with van der Waals surface area (Å²) in [5, 5.41) is 0. The molecule has 2 aromatic rings. The largest absolute Gasteiger partial charge is 0.296 e. The Labute approximate surface area is 111 Å². The van der Waals surface area contributed by atoms with E-state index in [9.17, 15) is 9.18 Å². The monoisotopic (exact) mass is 258 g/mol. The van der Waals surface area contributed by atoms with Gasteiger partial charge in [-0.25, -0.2) is 9.37 Å². The van der Waals surface area contributed by atoms with Gasteiger partial charge in [-0.3, -0.25) is 9.36 Å². The summed E-state index contributed by atoms with van der Waals surface area (Å²) in [6.07, 6.45) is 2.96. The summed E-state index contributed by atoms with van der Waals surface area (Å²) in [6.45, 7) is 4.15. The molecule has 0 radical (unpaired) electrons. The van der Waals surface area contributed by atoms with Gasteiger partial charge in [0.25, 0.3) is 0 Å². The highest BCUT2D eigenvalue weighted by Gasteiger charge is 2.34. The van der Waals surface area contributed by atoms with Crippen LogP contribution in [0.3, 0.4) is 0 Å². The lowest BCUT2D eigenvalue weighted by Crippen LogP contribution is -2.28. The first kappa shape index (κ1) is 12.1. The van der Waals surface area contributed by atoms with Crippen LogP contribution in [-0.2, 0) is 6.42 Å². The molecule has 0 N–H and O–H groups in total. The fourth-order valence-electron chi connectivity index (χ4n) is 2.64. The van der Waals surface area contributed by atoms with Gasteiger partial charge in [0.05, 0.1) is 5.69 Å². The van der Waals surface area contributed by atoms with Gasteiger partial charge >= 0.3 is 0 Å². The Kier molecular flexibility index (Phi) is 2.55. The highest BCUT2D eigenvalue weighted by molar-refractivity contribution is 5.97. The van der Waals surface area contributed by atoms with E-state index in [1.165, 1.54) is 12.1 Å². The number of imidazole rings is 1. The molecule has 1 aromatic carbocycles. The van der Waals surface area contributed by atoms with E-state index in [1.807, 2.05) is 0 Å². The normalized spacial score (nSPS) is 17.3. The molecule has 0 saturated carbocycles. The number of halogens is 1. The molecule has 19 heavy (non-hydrogen) atoms. The second-order valence-corrected chi connectivity index (χ2v) is 5.83. The minimum absolute atomic E-state index is 0.0357. The highest BCUT2D eigenvalue weighted by atomic mass is 19.1. The van der Waals surface area contributed by atoms with Gasteiger partial charge in [0.15, 0.2) is 5.78 Å². The summed E-state index contributed by atoms with van der Waals surface area (Å²) >= 11 is 0. The van der Waals surface area contributed by atoms with Crippen LogP contribution in [0.4, 0.5) is 4.39 Å². The maximum absolute atomic E-state index is 13.0. The van der Waals surface area contributed by atoms with Crippen LogP contribution >= 0.6 is 0 Å². The number of carbonyl (C=O) groups is 1. The van der Waals surface area contributed by atoms with Crippen molar-refractivity contribution < 1.29 is 9.18 Å². The molecule has 0 amide bonds. The van der Waals surface area contributed by atoms with Crippen molar-refractivity contribution in [2.75, 3.05) is 0 Å². The lowest BCUT2D eigenvalue weighted by molar-refractivity contribution is 0.0904. The lowest BCUT2D eigenvalue weighted by Gasteiger charge is -2.28. The lowest BCUT2D eigenvalue weighted by atomic mass is 9.77. The van der Waals surface area contributed by atoms with E-state index < -0.39 is 0 Å². The molecule has 4 heteroatoms. The topological polar surface area (TPSA) is 34.9 Å². The van der Waals surface area contributed by atoms with E-state index in [-0.39, 0.29) is 17.0 Å². The van der Waals surface area contributed by atoms with Crippen LogP contribution in [0.25, 0.3) is 5.69 Å². The first-order valence-corrected chi connectivity index (χ1v) is 6.32. The number of nitrogens with zero attached hydrogens (tertiary/aromatic N) is 2. The van der Waals surface area contributed by atoms with Crippen LogP contribution in [-0.4, -0.2) is 15.3 Å². The number of carbonyl (C=O) groups excluding carboxylic acids is 1. The van der Waals surface area contributed by atoms with Crippen LogP contribution in [0.15, 0.2) is 30.6 Å². The van der Waals surface area contributed by atoms with Crippen LogP contribution in [0.1, 0.15) is 36.5 Å². The molecule has 98 valence electrons. The third-order valence-corrected chi connectivity index (χ3v) is 3.50. The number of aromatic nitrogens is 2. The average Bonchev–Trinajstić information content (AvgIpc) is 2.72. The zero-order valence-corrected chi connectivity index (χ0v) is 11.0. The number of ketones is 1. The molecule has 1 aliphatic carbocycles. The van der Waals surface area contributed by atoms with Gasteiger partial charge in [-0.2, -0.15) is 0 Å². The van der Waals surface area contributed by atoms with Crippen molar-refractivity contribution in [2.24, 2.45) is 5.41 Å². The van der Waals surface area contributed by atoms with E-state index in [2.05, 4.69) is 18.8 Å². The van der Waals surface area contributed by atoms with Crippen molar-refractivity contribution in [1.29, 1.82) is 0 Å². The Bertz CT molecular complexity index is 641. The second kappa shape index (κ2) is 4.02. The number of rotatable bonds is 1. The van der Waals surface area contributed by atoms with E-state index >= 15 is 0 Å². The molecule has 0 unspecified atom stereocenters. The van der Waals surface area contributed by atoms with Gasteiger partial charge in [0.1, 0.15) is 17.8 Å². The Morgan fingerprint density at radius 3 is 2.58 bits per heavy atom. The number of benzene rings is 1. The van der Waals surface area contributed by atoms with E-state index in [0.717, 1.165) is 17.8 Å². The third-order valence-electron chi connectivity index (χ3n) is 3.50. The maximum Gasteiger partial charge on any atom is 0.182 e. The standard InChI is InChI=1S/C15H15FN2O/c1-15(2)7-12-14(13(19)8-15)18(9-17-12)11-5-3-10(16)4-6-11/h3-6,9H,7-8H2,1-2H3. The Hall–Kier alpha value is -1.97. The molecular formula is C15H15FN2O. The zero-order valence-electron chi connectivity index (χ0n) is 11.0. The molecule has 0 saturated heterocycles. The van der Waals surface area contributed by atoms with Gasteiger partial charge < -0.3 is 0 Å². The van der Waals surface area contributed by atoms with E-state index in [4.69, 9.17) is 0 Å². The van der Waals surface area contributed by atoms with Crippen LogP contribution < -0.4 is 0 Å². The Balaban J connectivity index is 2.09. The van der Waals surface area contributed by atoms with Crippen molar-refractivity contribution in [3.63, 3.8) is 0 Å². The summed E-state index contributed by atoms with van der Waals surface area (Å²) in [7, 11) is 0. The molecule has 0 bridgehead atoms. The van der Waals surface area contributed by atoms with Crippen molar-refractivity contribution in [1.82, 2.24) is 9.55 Å². The number of hydrogen-bond acceptors (Lipinski definition) is 2. The summed E-state index contributed by atoms with van der Waals surface area (Å²) in [5.74, 6) is -0.182. The third kappa shape index (κ3) is 2.07. The number of Topliss-reactive ketones (excluding diaryl/α,β-unsaturated/α-hetero) is 1. The predicted octanol–water partition coefficient (Wildman–Crippen LogP) is 3.17. The van der Waals surface area contributed by atoms with E-state index in [1.54, 1.807) is 23.0 Å². The molecule has 0 fully saturated rings. The van der Waals surface area contributed by atoms with Crippen molar-refractivity contribution in [3.8, 4) is 5.69 Å². The molecule has 0 atom stereocenters. The zero-order chi connectivity index (χ0) is 13.6. The highest BCUT2D eigenvalue weighted by Crippen LogP contribution is 2.34. The minimum atomic E-state index is -0.287. The van der Waals surface area contributed by atoms with Crippen molar-refractivity contribution >= 4 is 5.78 Å². The quantitative estimate of drug-likeness (QED) is 0.787. The Morgan fingerprint density at radius 2 is 1.89 bits per heavy atom. The molecule has 0 spiro atoms. The van der Waals surface area contributed by atoms with Gasteiger partial charge in [-0.05, 0) is 36.1 Å². The molecule has 3 nitrogen and oxygen atoms in total.